The molecule has 0 atom stereocenters. The molecule has 0 saturated heterocycles. The maximum absolute atomic E-state index is 2.20. The van der Waals surface area contributed by atoms with Gasteiger partial charge < -0.3 is 0 Å². The SMILES string of the molecule is C.CCc1cccc2ccccc12. The van der Waals surface area contributed by atoms with Crippen molar-refractivity contribution in [1.29, 1.82) is 0 Å². The Kier molecular flexibility index (Phi) is 3.07. The number of fused-ring (bicyclic) bond motifs is 1. The first kappa shape index (κ1) is 9.79. The van der Waals surface area contributed by atoms with E-state index in [2.05, 4.69) is 49.4 Å². The van der Waals surface area contributed by atoms with Gasteiger partial charge in [0.2, 0.25) is 0 Å². The first-order valence-electron chi connectivity index (χ1n) is 4.38. The van der Waals surface area contributed by atoms with Crippen LogP contribution in [0.15, 0.2) is 42.5 Å². The molecule has 0 nitrogen and oxygen atoms in total. The summed E-state index contributed by atoms with van der Waals surface area (Å²) in [7, 11) is 0. The van der Waals surface area contributed by atoms with Crippen LogP contribution in [-0.4, -0.2) is 0 Å². The van der Waals surface area contributed by atoms with Gasteiger partial charge in [-0.3, -0.25) is 0 Å². The summed E-state index contributed by atoms with van der Waals surface area (Å²) in [4.78, 5) is 0. The molecule has 0 aliphatic rings. The summed E-state index contributed by atoms with van der Waals surface area (Å²) < 4.78 is 0. The standard InChI is InChI=1S/C12H12.CH4/c1-2-10-7-5-8-11-6-3-4-9-12(10)11;/h3-9H,2H2,1H3;1H4. The van der Waals surface area contributed by atoms with Crippen LogP contribution in [0.5, 0.6) is 0 Å². The van der Waals surface area contributed by atoms with Crippen molar-refractivity contribution in [3.05, 3.63) is 48.0 Å². The van der Waals surface area contributed by atoms with E-state index in [1.165, 1.54) is 16.3 Å². The van der Waals surface area contributed by atoms with Crippen LogP contribution in [0.1, 0.15) is 19.9 Å². The second kappa shape index (κ2) is 4.08. The van der Waals surface area contributed by atoms with Crippen LogP contribution in [0, 0.1) is 0 Å². The average molecular weight is 172 g/mol. The zero-order valence-electron chi connectivity index (χ0n) is 7.25. The van der Waals surface area contributed by atoms with Gasteiger partial charge in [-0.15, -0.1) is 0 Å². The third kappa shape index (κ3) is 1.72. The molecule has 0 fully saturated rings. The topological polar surface area (TPSA) is 0 Å². The molecule has 0 unspecified atom stereocenters. The Morgan fingerprint density at radius 1 is 0.923 bits per heavy atom. The van der Waals surface area contributed by atoms with Crippen molar-refractivity contribution < 1.29 is 0 Å². The summed E-state index contributed by atoms with van der Waals surface area (Å²) in [6, 6.07) is 15.0. The molecule has 2 aromatic rings. The Morgan fingerprint density at radius 3 is 2.38 bits per heavy atom. The highest BCUT2D eigenvalue weighted by Gasteiger charge is 1.95. The van der Waals surface area contributed by atoms with Gasteiger partial charge in [0.05, 0.1) is 0 Å². The molecule has 0 aliphatic heterocycles. The molecule has 2 aromatic carbocycles. The molecule has 2 rings (SSSR count). The van der Waals surface area contributed by atoms with Gasteiger partial charge >= 0.3 is 0 Å². The van der Waals surface area contributed by atoms with E-state index < -0.39 is 0 Å². The molecule has 0 saturated carbocycles. The van der Waals surface area contributed by atoms with E-state index in [9.17, 15) is 0 Å². The number of hydrogen-bond acceptors (Lipinski definition) is 0. The number of aryl methyl sites for hydroxylation is 1. The molecular weight excluding hydrogens is 156 g/mol. The van der Waals surface area contributed by atoms with Crippen LogP contribution in [0.3, 0.4) is 0 Å². The van der Waals surface area contributed by atoms with E-state index in [1.807, 2.05) is 0 Å². The predicted molar refractivity (Wildman–Crippen MR) is 60.1 cm³/mol. The minimum atomic E-state index is 0. The van der Waals surface area contributed by atoms with Crippen LogP contribution < -0.4 is 0 Å². The van der Waals surface area contributed by atoms with Crippen molar-refractivity contribution in [2.75, 3.05) is 0 Å². The summed E-state index contributed by atoms with van der Waals surface area (Å²) in [5, 5.41) is 2.74. The molecule has 13 heavy (non-hydrogen) atoms. The fraction of sp³-hybridized carbons (Fsp3) is 0.231. The fourth-order valence-corrected chi connectivity index (χ4v) is 1.60. The molecule has 0 heteroatoms. The van der Waals surface area contributed by atoms with Crippen LogP contribution in [0.25, 0.3) is 10.8 Å². The van der Waals surface area contributed by atoms with Crippen molar-refractivity contribution in [3.8, 4) is 0 Å². The third-order valence-corrected chi connectivity index (χ3v) is 2.26. The van der Waals surface area contributed by atoms with Crippen LogP contribution in [0.2, 0.25) is 0 Å². The first-order valence-corrected chi connectivity index (χ1v) is 4.38. The largest absolute Gasteiger partial charge is 0.0776 e. The lowest BCUT2D eigenvalue weighted by molar-refractivity contribution is 1.16. The predicted octanol–water partition coefficient (Wildman–Crippen LogP) is 4.04. The highest BCUT2D eigenvalue weighted by Crippen LogP contribution is 2.18. The molecule has 0 amide bonds. The lowest BCUT2D eigenvalue weighted by Crippen LogP contribution is -1.81. The van der Waals surface area contributed by atoms with Crippen molar-refractivity contribution in [2.45, 2.75) is 20.8 Å². The molecular formula is C13H16. The summed E-state index contributed by atoms with van der Waals surface area (Å²) in [5.41, 5.74) is 1.44. The summed E-state index contributed by atoms with van der Waals surface area (Å²) in [6.45, 7) is 2.20. The molecule has 0 radical (unpaired) electrons. The van der Waals surface area contributed by atoms with Gasteiger partial charge in [-0.1, -0.05) is 56.8 Å². The average Bonchev–Trinajstić information content (AvgIpc) is 2.17. The summed E-state index contributed by atoms with van der Waals surface area (Å²) in [6.07, 6.45) is 1.11. The molecule has 0 N–H and O–H groups in total. The minimum Gasteiger partial charge on any atom is -0.0776 e. The maximum Gasteiger partial charge on any atom is -0.0152 e. The van der Waals surface area contributed by atoms with Gasteiger partial charge in [0.15, 0.2) is 0 Å². The second-order valence-electron chi connectivity index (χ2n) is 2.99. The monoisotopic (exact) mass is 172 g/mol. The quantitative estimate of drug-likeness (QED) is 0.609. The van der Waals surface area contributed by atoms with Crippen LogP contribution in [0.4, 0.5) is 0 Å². The van der Waals surface area contributed by atoms with Gasteiger partial charge in [0.1, 0.15) is 0 Å². The lowest BCUT2D eigenvalue weighted by Gasteiger charge is -2.02. The Morgan fingerprint density at radius 2 is 1.62 bits per heavy atom. The van der Waals surface area contributed by atoms with E-state index in [1.54, 1.807) is 0 Å². The molecule has 0 bridgehead atoms. The van der Waals surface area contributed by atoms with E-state index in [4.69, 9.17) is 0 Å². The molecule has 68 valence electrons. The second-order valence-corrected chi connectivity index (χ2v) is 2.99. The van der Waals surface area contributed by atoms with Gasteiger partial charge in [0.25, 0.3) is 0 Å². The zero-order chi connectivity index (χ0) is 8.39. The summed E-state index contributed by atoms with van der Waals surface area (Å²) >= 11 is 0. The molecule has 0 heterocycles. The summed E-state index contributed by atoms with van der Waals surface area (Å²) in [5.74, 6) is 0. The highest BCUT2D eigenvalue weighted by atomic mass is 14.0. The van der Waals surface area contributed by atoms with E-state index >= 15 is 0 Å². The smallest absolute Gasteiger partial charge is 0.0152 e. The molecule has 0 spiro atoms. The Hall–Kier alpha value is -1.30. The third-order valence-electron chi connectivity index (χ3n) is 2.26. The minimum absolute atomic E-state index is 0. The number of hydrogen-bond donors (Lipinski definition) is 0. The zero-order valence-corrected chi connectivity index (χ0v) is 7.25. The van der Waals surface area contributed by atoms with E-state index in [-0.39, 0.29) is 7.43 Å². The van der Waals surface area contributed by atoms with Crippen molar-refractivity contribution in [1.82, 2.24) is 0 Å². The lowest BCUT2D eigenvalue weighted by atomic mass is 10.0. The number of rotatable bonds is 1. The normalized spacial score (nSPS) is 9.62. The first-order chi connectivity index (χ1) is 5.92. The van der Waals surface area contributed by atoms with Crippen molar-refractivity contribution in [3.63, 3.8) is 0 Å². The number of benzene rings is 2. The van der Waals surface area contributed by atoms with E-state index in [0.29, 0.717) is 0 Å². The Labute approximate surface area is 80.2 Å². The van der Waals surface area contributed by atoms with Gasteiger partial charge in [-0.05, 0) is 22.8 Å². The molecule has 0 aromatic heterocycles. The maximum atomic E-state index is 2.20. The van der Waals surface area contributed by atoms with E-state index in [0.717, 1.165) is 6.42 Å². The van der Waals surface area contributed by atoms with Crippen LogP contribution >= 0.6 is 0 Å². The van der Waals surface area contributed by atoms with Crippen molar-refractivity contribution >= 4 is 10.8 Å². The highest BCUT2D eigenvalue weighted by molar-refractivity contribution is 5.85. The van der Waals surface area contributed by atoms with Gasteiger partial charge in [-0.25, -0.2) is 0 Å². The van der Waals surface area contributed by atoms with Gasteiger partial charge in [0, 0.05) is 0 Å². The fourth-order valence-electron chi connectivity index (χ4n) is 1.60. The Bertz CT molecular complexity index is 383. The Balaban J connectivity index is 0.000000845. The van der Waals surface area contributed by atoms with Crippen molar-refractivity contribution in [2.24, 2.45) is 0 Å². The van der Waals surface area contributed by atoms with Gasteiger partial charge in [-0.2, -0.15) is 0 Å². The van der Waals surface area contributed by atoms with Crippen LogP contribution in [-0.2, 0) is 6.42 Å². The molecule has 0 aliphatic carbocycles.